The lowest BCUT2D eigenvalue weighted by molar-refractivity contribution is -0.148. The van der Waals surface area contributed by atoms with Gasteiger partial charge < -0.3 is 4.74 Å². The normalized spacial score (nSPS) is 27.0. The molecule has 4 rings (SSSR count). The summed E-state index contributed by atoms with van der Waals surface area (Å²) < 4.78 is 7.40. The fourth-order valence-electron chi connectivity index (χ4n) is 4.31. The van der Waals surface area contributed by atoms with Gasteiger partial charge in [0.1, 0.15) is 0 Å². The molecule has 0 saturated heterocycles. The van der Waals surface area contributed by atoms with E-state index >= 15 is 0 Å². The summed E-state index contributed by atoms with van der Waals surface area (Å²) in [6, 6.07) is 11.1. The third-order valence-electron chi connectivity index (χ3n) is 5.45. The van der Waals surface area contributed by atoms with Gasteiger partial charge in [0.2, 0.25) is 0 Å². The van der Waals surface area contributed by atoms with Gasteiger partial charge in [0.25, 0.3) is 0 Å². The third-order valence-corrected chi connectivity index (χ3v) is 5.45. The van der Waals surface area contributed by atoms with Gasteiger partial charge in [-0.2, -0.15) is 5.10 Å². The Balaban J connectivity index is 1.47. The summed E-state index contributed by atoms with van der Waals surface area (Å²) >= 11 is 0. The van der Waals surface area contributed by atoms with Crippen LogP contribution < -0.4 is 0 Å². The molecule has 2 aliphatic rings. The van der Waals surface area contributed by atoms with Crippen LogP contribution in [-0.4, -0.2) is 22.4 Å². The summed E-state index contributed by atoms with van der Waals surface area (Å²) in [5.41, 5.74) is 0.911. The predicted molar refractivity (Wildman–Crippen MR) is 86.7 cm³/mol. The van der Waals surface area contributed by atoms with E-state index in [4.69, 9.17) is 4.74 Å². The Morgan fingerprint density at radius 1 is 1.22 bits per heavy atom. The standard InChI is InChI=1S/C19H22N2O2/c22-19(23-13-17-12-14-7-8-16(17)11-14)18(21-10-4-9-20-21)15-5-2-1-3-6-15/h1-6,9-10,14,16-18H,7-8,11-13H2. The zero-order valence-electron chi connectivity index (χ0n) is 13.2. The molecule has 1 aromatic heterocycles. The fraction of sp³-hybridized carbons (Fsp3) is 0.474. The molecule has 1 heterocycles. The van der Waals surface area contributed by atoms with Crippen LogP contribution in [0, 0.1) is 17.8 Å². The van der Waals surface area contributed by atoms with Gasteiger partial charge in [-0.25, -0.2) is 4.79 Å². The smallest absolute Gasteiger partial charge is 0.335 e. The van der Waals surface area contributed by atoms with Crippen molar-refractivity contribution in [3.05, 3.63) is 54.4 Å². The lowest BCUT2D eigenvalue weighted by Gasteiger charge is -2.23. The number of benzene rings is 1. The van der Waals surface area contributed by atoms with Crippen LogP contribution in [0.2, 0.25) is 0 Å². The molecule has 2 bridgehead atoms. The zero-order valence-corrected chi connectivity index (χ0v) is 13.2. The number of nitrogens with zero attached hydrogens (tertiary/aromatic N) is 2. The van der Waals surface area contributed by atoms with Crippen LogP contribution >= 0.6 is 0 Å². The summed E-state index contributed by atoms with van der Waals surface area (Å²) in [5.74, 6) is 2.00. The monoisotopic (exact) mass is 310 g/mol. The minimum Gasteiger partial charge on any atom is -0.464 e. The molecule has 0 spiro atoms. The molecular formula is C19H22N2O2. The molecule has 1 aromatic carbocycles. The Hall–Kier alpha value is -2.10. The summed E-state index contributed by atoms with van der Waals surface area (Å²) in [6.07, 6.45) is 8.76. The maximum Gasteiger partial charge on any atom is 0.335 e. The highest BCUT2D eigenvalue weighted by Gasteiger charge is 2.40. The van der Waals surface area contributed by atoms with E-state index in [2.05, 4.69) is 5.10 Å². The SMILES string of the molecule is O=C(OCC1CC2CCC1C2)C(c1ccccc1)n1cccn1. The van der Waals surface area contributed by atoms with Crippen LogP contribution in [-0.2, 0) is 9.53 Å². The average molecular weight is 310 g/mol. The van der Waals surface area contributed by atoms with Gasteiger partial charge >= 0.3 is 5.97 Å². The zero-order chi connectivity index (χ0) is 15.6. The number of fused-ring (bicyclic) bond motifs is 2. The van der Waals surface area contributed by atoms with E-state index in [1.807, 2.05) is 42.6 Å². The number of rotatable bonds is 5. The lowest BCUT2D eigenvalue weighted by atomic mass is 9.89. The lowest BCUT2D eigenvalue weighted by Crippen LogP contribution is -2.27. The molecule has 4 unspecified atom stereocenters. The first-order valence-corrected chi connectivity index (χ1v) is 8.52. The number of aromatic nitrogens is 2. The maximum absolute atomic E-state index is 12.7. The van der Waals surface area contributed by atoms with Crippen molar-refractivity contribution < 1.29 is 9.53 Å². The van der Waals surface area contributed by atoms with Gasteiger partial charge in [-0.05, 0) is 48.6 Å². The van der Waals surface area contributed by atoms with Gasteiger partial charge in [-0.3, -0.25) is 4.68 Å². The number of ether oxygens (including phenoxy) is 1. The van der Waals surface area contributed by atoms with Crippen molar-refractivity contribution in [2.24, 2.45) is 17.8 Å². The van der Waals surface area contributed by atoms with E-state index in [0.717, 1.165) is 17.4 Å². The maximum atomic E-state index is 12.7. The van der Waals surface area contributed by atoms with Crippen LogP contribution in [0.1, 0.15) is 37.3 Å². The quantitative estimate of drug-likeness (QED) is 0.795. The highest BCUT2D eigenvalue weighted by Crippen LogP contribution is 2.48. The second kappa shape index (κ2) is 6.19. The second-order valence-electron chi connectivity index (χ2n) is 6.86. The molecule has 0 aliphatic heterocycles. The molecule has 2 fully saturated rings. The van der Waals surface area contributed by atoms with Gasteiger partial charge in [0.15, 0.2) is 6.04 Å². The van der Waals surface area contributed by atoms with Gasteiger partial charge in [0.05, 0.1) is 6.61 Å². The Morgan fingerprint density at radius 3 is 2.74 bits per heavy atom. The minimum atomic E-state index is -0.496. The first kappa shape index (κ1) is 14.5. The van der Waals surface area contributed by atoms with E-state index in [0.29, 0.717) is 12.5 Å². The molecule has 2 saturated carbocycles. The van der Waals surface area contributed by atoms with E-state index in [-0.39, 0.29) is 5.97 Å². The summed E-state index contributed by atoms with van der Waals surface area (Å²) in [5, 5.41) is 4.25. The van der Waals surface area contributed by atoms with Crippen LogP contribution in [0.5, 0.6) is 0 Å². The second-order valence-corrected chi connectivity index (χ2v) is 6.86. The van der Waals surface area contributed by atoms with E-state index < -0.39 is 6.04 Å². The van der Waals surface area contributed by atoms with E-state index in [1.165, 1.54) is 25.7 Å². The molecule has 4 nitrogen and oxygen atoms in total. The van der Waals surface area contributed by atoms with E-state index in [9.17, 15) is 4.79 Å². The molecule has 2 aromatic rings. The fourth-order valence-corrected chi connectivity index (χ4v) is 4.31. The number of carbonyl (C=O) groups is 1. The number of carbonyl (C=O) groups excluding carboxylic acids is 1. The minimum absolute atomic E-state index is 0.206. The van der Waals surface area contributed by atoms with Crippen molar-refractivity contribution in [2.75, 3.05) is 6.61 Å². The topological polar surface area (TPSA) is 44.1 Å². The third kappa shape index (κ3) is 2.90. The summed E-state index contributed by atoms with van der Waals surface area (Å²) in [4.78, 5) is 12.7. The van der Waals surface area contributed by atoms with Gasteiger partial charge in [-0.1, -0.05) is 36.8 Å². The summed E-state index contributed by atoms with van der Waals surface area (Å²) in [6.45, 7) is 0.560. The Bertz CT molecular complexity index is 653. The highest BCUT2D eigenvalue weighted by molar-refractivity contribution is 5.78. The first-order chi connectivity index (χ1) is 11.3. The molecule has 23 heavy (non-hydrogen) atoms. The Morgan fingerprint density at radius 2 is 2.09 bits per heavy atom. The van der Waals surface area contributed by atoms with Crippen molar-refractivity contribution in [2.45, 2.75) is 31.7 Å². The Kier molecular flexibility index (Phi) is 3.90. The average Bonchev–Trinajstić information content (AvgIpc) is 3.32. The molecule has 0 radical (unpaired) electrons. The summed E-state index contributed by atoms with van der Waals surface area (Å²) in [7, 11) is 0. The molecule has 4 heteroatoms. The van der Waals surface area contributed by atoms with Crippen LogP contribution in [0.25, 0.3) is 0 Å². The molecule has 0 N–H and O–H groups in total. The van der Waals surface area contributed by atoms with Crippen molar-refractivity contribution in [1.82, 2.24) is 9.78 Å². The van der Waals surface area contributed by atoms with Crippen molar-refractivity contribution in [3.63, 3.8) is 0 Å². The van der Waals surface area contributed by atoms with Crippen molar-refractivity contribution in [1.29, 1.82) is 0 Å². The number of hydrogen-bond acceptors (Lipinski definition) is 3. The first-order valence-electron chi connectivity index (χ1n) is 8.52. The van der Waals surface area contributed by atoms with Gasteiger partial charge in [-0.15, -0.1) is 0 Å². The predicted octanol–water partition coefficient (Wildman–Crippen LogP) is 3.45. The molecule has 4 atom stereocenters. The molecule has 0 amide bonds. The molecule has 120 valence electrons. The molecule has 2 aliphatic carbocycles. The molecular weight excluding hydrogens is 288 g/mol. The number of esters is 1. The Labute approximate surface area is 136 Å². The van der Waals surface area contributed by atoms with Crippen LogP contribution in [0.15, 0.2) is 48.8 Å². The van der Waals surface area contributed by atoms with Crippen LogP contribution in [0.3, 0.4) is 0 Å². The van der Waals surface area contributed by atoms with Crippen molar-refractivity contribution in [3.8, 4) is 0 Å². The van der Waals surface area contributed by atoms with E-state index in [1.54, 1.807) is 10.9 Å². The number of hydrogen-bond donors (Lipinski definition) is 0. The van der Waals surface area contributed by atoms with Gasteiger partial charge in [0, 0.05) is 12.4 Å². The van der Waals surface area contributed by atoms with Crippen LogP contribution in [0.4, 0.5) is 0 Å². The largest absolute Gasteiger partial charge is 0.464 e. The van der Waals surface area contributed by atoms with Crippen molar-refractivity contribution >= 4 is 5.97 Å². The highest BCUT2D eigenvalue weighted by atomic mass is 16.5.